The van der Waals surface area contributed by atoms with Gasteiger partial charge in [0.1, 0.15) is 5.01 Å². The predicted molar refractivity (Wildman–Crippen MR) is 71.8 cm³/mol. The smallest absolute Gasteiger partial charge is 0.234 e. The molecule has 98 valence electrons. The van der Waals surface area contributed by atoms with E-state index in [1.807, 2.05) is 4.52 Å². The maximum Gasteiger partial charge on any atom is 0.234 e. The molecular weight excluding hydrogens is 246 g/mol. The van der Waals surface area contributed by atoms with Gasteiger partial charge in [-0.25, -0.2) is 0 Å². The molecule has 0 saturated heterocycles. The zero-order valence-electron chi connectivity index (χ0n) is 10.9. The molecule has 6 heteroatoms. The first-order chi connectivity index (χ1) is 8.63. The van der Waals surface area contributed by atoms with Crippen molar-refractivity contribution in [3.63, 3.8) is 0 Å². The van der Waals surface area contributed by atoms with E-state index in [0.717, 1.165) is 28.8 Å². The van der Waals surface area contributed by atoms with E-state index >= 15 is 0 Å². The van der Waals surface area contributed by atoms with E-state index in [-0.39, 0.29) is 0 Å². The first-order valence-electron chi connectivity index (χ1n) is 6.55. The van der Waals surface area contributed by atoms with Crippen LogP contribution in [0.2, 0.25) is 0 Å². The summed E-state index contributed by atoms with van der Waals surface area (Å²) >= 11 is 1.65. The van der Waals surface area contributed by atoms with Crippen LogP contribution in [0.5, 0.6) is 0 Å². The molecule has 1 aliphatic rings. The molecule has 0 aromatic carbocycles. The second-order valence-electron chi connectivity index (χ2n) is 5.64. The van der Waals surface area contributed by atoms with Gasteiger partial charge in [-0.3, -0.25) is 0 Å². The van der Waals surface area contributed by atoms with Gasteiger partial charge in [-0.1, -0.05) is 31.6 Å². The first kappa shape index (κ1) is 12.0. The molecule has 2 aromatic rings. The maximum absolute atomic E-state index is 5.91. The van der Waals surface area contributed by atoms with Crippen molar-refractivity contribution >= 4 is 16.3 Å². The molecule has 5 nitrogen and oxygen atoms in total. The van der Waals surface area contributed by atoms with Crippen LogP contribution in [0.4, 0.5) is 0 Å². The third-order valence-corrected chi connectivity index (χ3v) is 4.85. The minimum atomic E-state index is 0.307. The normalized spacial score (nSPS) is 18.4. The van der Waals surface area contributed by atoms with Crippen LogP contribution in [0.3, 0.4) is 0 Å². The molecule has 2 heterocycles. The van der Waals surface area contributed by atoms with Crippen LogP contribution in [0.25, 0.3) is 4.96 Å². The van der Waals surface area contributed by atoms with Crippen LogP contribution in [0.15, 0.2) is 0 Å². The summed E-state index contributed by atoms with van der Waals surface area (Å²) in [7, 11) is 0. The Morgan fingerprint density at radius 2 is 2.17 bits per heavy atom. The van der Waals surface area contributed by atoms with E-state index < -0.39 is 0 Å². The highest BCUT2D eigenvalue weighted by molar-refractivity contribution is 7.16. The Morgan fingerprint density at radius 3 is 2.72 bits per heavy atom. The van der Waals surface area contributed by atoms with Crippen molar-refractivity contribution in [2.75, 3.05) is 6.54 Å². The Hall–Kier alpha value is -1.01. The number of hydrogen-bond acceptors (Lipinski definition) is 5. The fourth-order valence-corrected chi connectivity index (χ4v) is 3.57. The quantitative estimate of drug-likeness (QED) is 0.917. The number of hydrogen-bond donors (Lipinski definition) is 1. The summed E-state index contributed by atoms with van der Waals surface area (Å²) in [6.07, 6.45) is 4.77. The van der Waals surface area contributed by atoms with Gasteiger partial charge in [-0.05, 0) is 24.8 Å². The van der Waals surface area contributed by atoms with Crippen molar-refractivity contribution < 1.29 is 0 Å². The van der Waals surface area contributed by atoms with E-state index in [0.29, 0.717) is 11.3 Å². The molecule has 0 spiro atoms. The van der Waals surface area contributed by atoms with E-state index in [1.54, 1.807) is 11.3 Å². The van der Waals surface area contributed by atoms with Gasteiger partial charge < -0.3 is 5.73 Å². The standard InChI is InChI=1S/C12H19N5S/c1-8(2)10-14-15-11-17(10)16-9(18-11)6-12(7-13)4-3-5-12/h8H,3-7,13H2,1-2H3. The Bertz CT molecular complexity index is 546. The van der Waals surface area contributed by atoms with Gasteiger partial charge in [0.2, 0.25) is 4.96 Å². The second kappa shape index (κ2) is 4.28. The highest BCUT2D eigenvalue weighted by atomic mass is 32.1. The fourth-order valence-electron chi connectivity index (χ4n) is 2.55. The van der Waals surface area contributed by atoms with Crippen molar-refractivity contribution in [2.24, 2.45) is 11.1 Å². The summed E-state index contributed by atoms with van der Waals surface area (Å²) in [6.45, 7) is 5.00. The topological polar surface area (TPSA) is 69.1 Å². The number of rotatable bonds is 4. The summed E-state index contributed by atoms with van der Waals surface area (Å²) in [4.78, 5) is 0.903. The lowest BCUT2D eigenvalue weighted by Gasteiger charge is -2.40. The summed E-state index contributed by atoms with van der Waals surface area (Å²) in [5, 5.41) is 14.2. The van der Waals surface area contributed by atoms with Crippen LogP contribution in [0, 0.1) is 5.41 Å². The lowest BCUT2D eigenvalue weighted by Crippen LogP contribution is -2.39. The zero-order valence-corrected chi connectivity index (χ0v) is 11.7. The van der Waals surface area contributed by atoms with Gasteiger partial charge in [0.05, 0.1) is 0 Å². The Labute approximate surface area is 110 Å². The van der Waals surface area contributed by atoms with Crippen LogP contribution in [-0.4, -0.2) is 26.4 Å². The number of nitrogens with two attached hydrogens (primary N) is 1. The lowest BCUT2D eigenvalue weighted by molar-refractivity contribution is 0.144. The summed E-state index contributed by atoms with van der Waals surface area (Å²) in [5.41, 5.74) is 6.21. The van der Waals surface area contributed by atoms with E-state index in [9.17, 15) is 0 Å². The van der Waals surface area contributed by atoms with Crippen LogP contribution in [0.1, 0.15) is 49.9 Å². The van der Waals surface area contributed by atoms with E-state index in [2.05, 4.69) is 29.1 Å². The molecular formula is C12H19N5S. The second-order valence-corrected chi connectivity index (χ2v) is 6.68. The van der Waals surface area contributed by atoms with Crippen molar-refractivity contribution in [2.45, 2.75) is 45.4 Å². The zero-order chi connectivity index (χ0) is 12.8. The van der Waals surface area contributed by atoms with E-state index in [1.165, 1.54) is 19.3 Å². The van der Waals surface area contributed by atoms with Gasteiger partial charge >= 0.3 is 0 Å². The van der Waals surface area contributed by atoms with Crippen molar-refractivity contribution in [3.8, 4) is 0 Å². The average molecular weight is 265 g/mol. The Kier molecular flexibility index (Phi) is 2.86. The predicted octanol–water partition coefficient (Wildman–Crippen LogP) is 1.98. The van der Waals surface area contributed by atoms with Gasteiger partial charge in [-0.2, -0.15) is 9.61 Å². The third-order valence-electron chi connectivity index (χ3n) is 3.95. The lowest BCUT2D eigenvalue weighted by atomic mass is 9.67. The molecule has 0 bridgehead atoms. The number of nitrogens with zero attached hydrogens (tertiary/aromatic N) is 4. The van der Waals surface area contributed by atoms with Crippen molar-refractivity contribution in [3.05, 3.63) is 10.8 Å². The van der Waals surface area contributed by atoms with Crippen molar-refractivity contribution in [1.82, 2.24) is 19.8 Å². The Balaban J connectivity index is 1.89. The summed E-state index contributed by atoms with van der Waals surface area (Å²) in [5.74, 6) is 1.30. The molecule has 0 amide bonds. The summed E-state index contributed by atoms with van der Waals surface area (Å²) in [6, 6.07) is 0. The van der Waals surface area contributed by atoms with E-state index in [4.69, 9.17) is 5.73 Å². The SMILES string of the molecule is CC(C)c1nnc2sc(CC3(CN)CCC3)nn12. The highest BCUT2D eigenvalue weighted by Gasteiger charge is 2.36. The highest BCUT2D eigenvalue weighted by Crippen LogP contribution is 2.43. The average Bonchev–Trinajstić information content (AvgIpc) is 2.81. The minimum absolute atomic E-state index is 0.307. The third kappa shape index (κ3) is 1.83. The van der Waals surface area contributed by atoms with Gasteiger partial charge in [0.15, 0.2) is 5.82 Å². The van der Waals surface area contributed by atoms with Crippen LogP contribution < -0.4 is 5.73 Å². The molecule has 0 atom stereocenters. The molecule has 2 aromatic heterocycles. The van der Waals surface area contributed by atoms with Gasteiger partial charge in [0.25, 0.3) is 0 Å². The molecule has 1 saturated carbocycles. The number of aromatic nitrogens is 4. The summed E-state index contributed by atoms with van der Waals surface area (Å²) < 4.78 is 1.90. The van der Waals surface area contributed by atoms with Gasteiger partial charge in [-0.15, -0.1) is 10.2 Å². The van der Waals surface area contributed by atoms with Crippen molar-refractivity contribution in [1.29, 1.82) is 0 Å². The molecule has 2 N–H and O–H groups in total. The Morgan fingerprint density at radius 1 is 1.39 bits per heavy atom. The van der Waals surface area contributed by atoms with Gasteiger partial charge in [0, 0.05) is 12.3 Å². The molecule has 3 rings (SSSR count). The molecule has 0 radical (unpaired) electrons. The monoisotopic (exact) mass is 265 g/mol. The van der Waals surface area contributed by atoms with Crippen LogP contribution in [-0.2, 0) is 6.42 Å². The first-order valence-corrected chi connectivity index (χ1v) is 7.36. The molecule has 1 aliphatic carbocycles. The largest absolute Gasteiger partial charge is 0.330 e. The van der Waals surface area contributed by atoms with Crippen LogP contribution >= 0.6 is 11.3 Å². The molecule has 18 heavy (non-hydrogen) atoms. The maximum atomic E-state index is 5.91. The molecule has 0 aliphatic heterocycles. The molecule has 0 unspecified atom stereocenters. The molecule has 1 fully saturated rings. The fraction of sp³-hybridized carbons (Fsp3) is 0.750. The number of fused-ring (bicyclic) bond motifs is 1. The minimum Gasteiger partial charge on any atom is -0.330 e.